The summed E-state index contributed by atoms with van der Waals surface area (Å²) in [7, 11) is 0. The van der Waals surface area contributed by atoms with E-state index in [2.05, 4.69) is 37.0 Å². The van der Waals surface area contributed by atoms with Gasteiger partial charge in [0, 0.05) is 49.0 Å². The van der Waals surface area contributed by atoms with Crippen LogP contribution < -0.4 is 5.73 Å². The second kappa shape index (κ2) is 10.1. The molecule has 0 radical (unpaired) electrons. The molecule has 6 rings (SSSR count). The molecular weight excluding hydrogens is 529 g/mol. The zero-order chi connectivity index (χ0) is 27.3. The molecule has 0 saturated heterocycles. The van der Waals surface area contributed by atoms with Gasteiger partial charge in [-0.25, -0.2) is 4.68 Å². The quantitative estimate of drug-likeness (QED) is 0.297. The third-order valence-corrected chi connectivity index (χ3v) is 9.44. The Morgan fingerprint density at radius 2 is 1.85 bits per heavy atom. The van der Waals surface area contributed by atoms with Gasteiger partial charge >= 0.3 is 0 Å². The molecule has 3 heterocycles. The first-order valence-electron chi connectivity index (χ1n) is 13.3. The molecule has 200 valence electrons. The second-order valence-electron chi connectivity index (χ2n) is 11.3. The van der Waals surface area contributed by atoms with Crippen molar-refractivity contribution in [3.05, 3.63) is 99.9 Å². The predicted octanol–water partition coefficient (Wildman–Crippen LogP) is 6.63. The van der Waals surface area contributed by atoms with Crippen molar-refractivity contribution in [2.24, 2.45) is 17.1 Å². The maximum atomic E-state index is 13.5. The average molecular weight is 561 g/mol. The van der Waals surface area contributed by atoms with Crippen molar-refractivity contribution in [2.45, 2.75) is 51.7 Å². The van der Waals surface area contributed by atoms with Crippen molar-refractivity contribution < 1.29 is 4.79 Å². The van der Waals surface area contributed by atoms with Gasteiger partial charge in [0.05, 0.1) is 27.6 Å². The summed E-state index contributed by atoms with van der Waals surface area (Å²) in [5, 5.41) is 5.95. The Balaban J connectivity index is 1.26. The van der Waals surface area contributed by atoms with Crippen LogP contribution in [0.3, 0.4) is 0 Å². The van der Waals surface area contributed by atoms with Crippen LogP contribution in [0.2, 0.25) is 10.0 Å². The van der Waals surface area contributed by atoms with Gasteiger partial charge in [0.15, 0.2) is 0 Å². The Hall–Kier alpha value is -3.19. The molecule has 2 aliphatic rings. The molecule has 1 saturated carbocycles. The number of hydrogen-bond acceptors (Lipinski definition) is 4. The lowest BCUT2D eigenvalue weighted by molar-refractivity contribution is -0.139. The Morgan fingerprint density at radius 3 is 2.56 bits per heavy atom. The van der Waals surface area contributed by atoms with Crippen LogP contribution >= 0.6 is 23.2 Å². The number of amides is 1. The number of carbonyl (C=O) groups excluding carboxylic acids is 1. The highest BCUT2D eigenvalue weighted by molar-refractivity contribution is 6.42. The van der Waals surface area contributed by atoms with Crippen LogP contribution in [0.25, 0.3) is 16.9 Å². The first-order valence-corrected chi connectivity index (χ1v) is 14.1. The van der Waals surface area contributed by atoms with Crippen molar-refractivity contribution in [1.29, 1.82) is 0 Å². The number of pyridine rings is 1. The molecule has 4 aromatic rings. The molecule has 1 fully saturated rings. The monoisotopic (exact) mass is 559 g/mol. The fourth-order valence-electron chi connectivity index (χ4n) is 6.14. The minimum absolute atomic E-state index is 0.117. The van der Waals surface area contributed by atoms with Crippen LogP contribution in [0.5, 0.6) is 0 Å². The molecule has 1 amide bonds. The van der Waals surface area contributed by atoms with Crippen LogP contribution in [0, 0.1) is 11.3 Å². The Bertz CT molecular complexity index is 1530. The summed E-state index contributed by atoms with van der Waals surface area (Å²) in [6.07, 6.45) is 5.35. The molecule has 2 N–H and O–H groups in total. The lowest BCUT2D eigenvalue weighted by Gasteiger charge is -2.52. The molecule has 0 bridgehead atoms. The van der Waals surface area contributed by atoms with Gasteiger partial charge in [-0.2, -0.15) is 5.10 Å². The molecule has 2 aromatic carbocycles. The predicted molar refractivity (Wildman–Crippen MR) is 155 cm³/mol. The summed E-state index contributed by atoms with van der Waals surface area (Å²) in [5.41, 5.74) is 12.5. The van der Waals surface area contributed by atoms with Gasteiger partial charge in [-0.15, -0.1) is 0 Å². The van der Waals surface area contributed by atoms with Crippen molar-refractivity contribution in [3.8, 4) is 16.9 Å². The molecule has 0 unspecified atom stereocenters. The van der Waals surface area contributed by atoms with E-state index in [0.717, 1.165) is 29.1 Å². The van der Waals surface area contributed by atoms with E-state index in [1.54, 1.807) is 12.3 Å². The van der Waals surface area contributed by atoms with Crippen molar-refractivity contribution in [2.75, 3.05) is 0 Å². The molecule has 6 nitrogen and oxygen atoms in total. The molecule has 3 atom stereocenters. The maximum Gasteiger partial charge on any atom is 0.224 e. The fraction of sp³-hybridized carbons (Fsp3) is 0.323. The summed E-state index contributed by atoms with van der Waals surface area (Å²) in [4.78, 5) is 19.6. The number of nitrogens with two attached hydrogens (primary N) is 1. The number of benzene rings is 2. The number of fused-ring (bicyclic) bond motifs is 1. The molecule has 39 heavy (non-hydrogen) atoms. The first-order chi connectivity index (χ1) is 18.7. The van der Waals surface area contributed by atoms with Crippen LogP contribution in [-0.4, -0.2) is 31.7 Å². The smallest absolute Gasteiger partial charge is 0.224 e. The Kier molecular flexibility index (Phi) is 6.74. The van der Waals surface area contributed by atoms with E-state index >= 15 is 0 Å². The number of nitrogens with zero attached hydrogens (tertiary/aromatic N) is 4. The molecular formula is C31H31Cl2N5O. The van der Waals surface area contributed by atoms with Gasteiger partial charge in [-0.1, -0.05) is 61.3 Å². The van der Waals surface area contributed by atoms with Crippen molar-refractivity contribution in [1.82, 2.24) is 19.7 Å². The van der Waals surface area contributed by atoms with Crippen LogP contribution in [0.1, 0.15) is 49.4 Å². The SMILES string of the molecule is CC1(C)[C@@H](CC(=O)N2Cc3ccccc3C[C@@H]2N)C[C@@H]1c1cc(-c2cccnc2)nn1-c1ccc(Cl)c(Cl)c1. The highest BCUT2D eigenvalue weighted by Gasteiger charge is 2.51. The third kappa shape index (κ3) is 4.75. The average Bonchev–Trinajstić information content (AvgIpc) is 3.36. The van der Waals surface area contributed by atoms with E-state index in [9.17, 15) is 4.79 Å². The number of rotatable bonds is 5. The Labute approximate surface area is 238 Å². The van der Waals surface area contributed by atoms with E-state index in [-0.39, 0.29) is 29.3 Å². The highest BCUT2D eigenvalue weighted by atomic mass is 35.5. The van der Waals surface area contributed by atoms with E-state index < -0.39 is 0 Å². The number of halogens is 2. The van der Waals surface area contributed by atoms with Crippen LogP contribution in [0.4, 0.5) is 0 Å². The second-order valence-corrected chi connectivity index (χ2v) is 12.1. The molecule has 0 spiro atoms. The van der Waals surface area contributed by atoms with E-state index in [4.69, 9.17) is 34.0 Å². The number of aromatic nitrogens is 3. The number of carbonyl (C=O) groups is 1. The largest absolute Gasteiger partial charge is 0.323 e. The first kappa shape index (κ1) is 26.1. The standard InChI is InChI=1S/C31H31Cl2N5O/c1-31(2)22(14-30(39)37-18-21-7-4-3-6-19(21)12-29(37)34)13-24(31)28-16-27(20-8-5-11-35-17-20)36-38(28)23-9-10-25(32)26(33)15-23/h3-11,15-17,22,24,29H,12-14,18,34H2,1-2H3/t22-,24-,29-/m1/s1. The van der Waals surface area contributed by atoms with Crippen molar-refractivity contribution in [3.63, 3.8) is 0 Å². The minimum Gasteiger partial charge on any atom is -0.323 e. The van der Waals surface area contributed by atoms with Gasteiger partial charge < -0.3 is 10.6 Å². The van der Waals surface area contributed by atoms with Gasteiger partial charge in [0.1, 0.15) is 0 Å². The molecule has 8 heteroatoms. The van der Waals surface area contributed by atoms with E-state index in [1.807, 2.05) is 52.2 Å². The number of hydrogen-bond donors (Lipinski definition) is 1. The van der Waals surface area contributed by atoms with Crippen molar-refractivity contribution >= 4 is 29.1 Å². The summed E-state index contributed by atoms with van der Waals surface area (Å²) in [6.45, 7) is 5.08. The minimum atomic E-state index is -0.287. The van der Waals surface area contributed by atoms with Crippen LogP contribution in [-0.2, 0) is 17.8 Å². The fourth-order valence-corrected chi connectivity index (χ4v) is 6.43. The normalized spacial score (nSPS) is 21.8. The molecule has 1 aliphatic heterocycles. The summed E-state index contributed by atoms with van der Waals surface area (Å²) >= 11 is 12.6. The van der Waals surface area contributed by atoms with E-state index in [1.165, 1.54) is 11.1 Å². The molecule has 1 aliphatic carbocycles. The van der Waals surface area contributed by atoms with Gasteiger partial charge in [-0.3, -0.25) is 9.78 Å². The topological polar surface area (TPSA) is 77.0 Å². The summed E-state index contributed by atoms with van der Waals surface area (Å²) < 4.78 is 1.96. The zero-order valence-electron chi connectivity index (χ0n) is 22.0. The lowest BCUT2D eigenvalue weighted by atomic mass is 9.52. The highest BCUT2D eigenvalue weighted by Crippen LogP contribution is 2.58. The van der Waals surface area contributed by atoms with E-state index in [0.29, 0.717) is 29.4 Å². The Morgan fingerprint density at radius 1 is 1.05 bits per heavy atom. The maximum absolute atomic E-state index is 13.5. The van der Waals surface area contributed by atoms with Crippen LogP contribution in [0.15, 0.2) is 73.1 Å². The summed E-state index contributed by atoms with van der Waals surface area (Å²) in [5.74, 6) is 0.569. The lowest BCUT2D eigenvalue weighted by Crippen LogP contribution is -2.52. The third-order valence-electron chi connectivity index (χ3n) is 8.70. The van der Waals surface area contributed by atoms with Gasteiger partial charge in [0.25, 0.3) is 0 Å². The van der Waals surface area contributed by atoms with Gasteiger partial charge in [0.2, 0.25) is 5.91 Å². The molecule has 2 aromatic heterocycles. The zero-order valence-corrected chi connectivity index (χ0v) is 23.5. The summed E-state index contributed by atoms with van der Waals surface area (Å²) in [6, 6.07) is 19.9. The van der Waals surface area contributed by atoms with Gasteiger partial charge in [-0.05, 0) is 65.3 Å².